The van der Waals surface area contributed by atoms with Crippen molar-refractivity contribution < 1.29 is 19.8 Å². The highest BCUT2D eigenvalue weighted by Gasteiger charge is 2.15. The van der Waals surface area contributed by atoms with Gasteiger partial charge in [-0.3, -0.25) is 0 Å². The molecule has 0 unspecified atom stereocenters. The van der Waals surface area contributed by atoms with Gasteiger partial charge in [0.2, 0.25) is 0 Å². The zero-order valence-corrected chi connectivity index (χ0v) is 12.1. The van der Waals surface area contributed by atoms with Gasteiger partial charge < -0.3 is 10.2 Å². The van der Waals surface area contributed by atoms with Crippen LogP contribution in [-0.2, 0) is 0 Å². The normalized spacial score (nSPS) is 10.6. The van der Waals surface area contributed by atoms with Gasteiger partial charge in [0, 0.05) is 0 Å². The van der Waals surface area contributed by atoms with Crippen LogP contribution in [0.2, 0.25) is 0 Å². The second kappa shape index (κ2) is 6.16. The van der Waals surface area contributed by atoms with E-state index in [0.29, 0.717) is 16.7 Å². The Hall–Kier alpha value is -2.04. The standard InChI is InChI=1S/C15H10Cl2O4/c16-13(17)9-3-1-8(2-4-9)11-6-5-10(14(18)19)7-12(11)15(20)21/h1-7,13H,(H,18,19)(H,20,21). The molecule has 0 atom stereocenters. The summed E-state index contributed by atoms with van der Waals surface area (Å²) in [6.45, 7) is 0. The smallest absolute Gasteiger partial charge is 0.336 e. The van der Waals surface area contributed by atoms with Gasteiger partial charge >= 0.3 is 11.9 Å². The molecule has 108 valence electrons. The maximum absolute atomic E-state index is 11.3. The first-order chi connectivity index (χ1) is 9.90. The quantitative estimate of drug-likeness (QED) is 0.825. The molecular weight excluding hydrogens is 315 g/mol. The van der Waals surface area contributed by atoms with Gasteiger partial charge in [-0.05, 0) is 28.8 Å². The summed E-state index contributed by atoms with van der Waals surface area (Å²) in [6.07, 6.45) is 0. The fourth-order valence-electron chi connectivity index (χ4n) is 1.91. The van der Waals surface area contributed by atoms with Crippen LogP contribution in [0.4, 0.5) is 0 Å². The van der Waals surface area contributed by atoms with Crippen LogP contribution >= 0.6 is 23.2 Å². The SMILES string of the molecule is O=C(O)c1ccc(-c2ccc(C(Cl)Cl)cc2)c(C(=O)O)c1. The van der Waals surface area contributed by atoms with E-state index in [4.69, 9.17) is 28.3 Å². The predicted molar refractivity (Wildman–Crippen MR) is 80.2 cm³/mol. The second-order valence-corrected chi connectivity index (χ2v) is 5.39. The molecule has 6 heteroatoms. The van der Waals surface area contributed by atoms with Crippen LogP contribution in [0, 0.1) is 0 Å². The summed E-state index contributed by atoms with van der Waals surface area (Å²) >= 11 is 11.5. The molecule has 4 nitrogen and oxygen atoms in total. The van der Waals surface area contributed by atoms with Gasteiger partial charge in [-0.15, -0.1) is 23.2 Å². The first-order valence-electron chi connectivity index (χ1n) is 5.89. The monoisotopic (exact) mass is 324 g/mol. The number of hydrogen-bond acceptors (Lipinski definition) is 2. The summed E-state index contributed by atoms with van der Waals surface area (Å²) in [5.74, 6) is -2.36. The van der Waals surface area contributed by atoms with Gasteiger partial charge in [0.15, 0.2) is 0 Å². The summed E-state index contributed by atoms with van der Waals surface area (Å²) in [7, 11) is 0. The Balaban J connectivity index is 2.52. The molecule has 0 fully saturated rings. The van der Waals surface area contributed by atoms with Crippen LogP contribution < -0.4 is 0 Å². The summed E-state index contributed by atoms with van der Waals surface area (Å²) in [6, 6.07) is 10.7. The predicted octanol–water partition coefficient (Wildman–Crippen LogP) is 4.23. The van der Waals surface area contributed by atoms with Crippen molar-refractivity contribution in [1.29, 1.82) is 0 Å². The number of rotatable bonds is 4. The van der Waals surface area contributed by atoms with E-state index in [-0.39, 0.29) is 11.1 Å². The lowest BCUT2D eigenvalue weighted by molar-refractivity contribution is 0.0696. The zero-order valence-electron chi connectivity index (χ0n) is 10.6. The topological polar surface area (TPSA) is 74.6 Å². The van der Waals surface area contributed by atoms with E-state index in [9.17, 15) is 14.7 Å². The molecule has 0 saturated carbocycles. The first-order valence-corrected chi connectivity index (χ1v) is 6.76. The van der Waals surface area contributed by atoms with Gasteiger partial charge in [-0.2, -0.15) is 0 Å². The van der Waals surface area contributed by atoms with Gasteiger partial charge in [-0.1, -0.05) is 30.3 Å². The Labute approximate surface area is 130 Å². The van der Waals surface area contributed by atoms with Gasteiger partial charge in [0.1, 0.15) is 4.84 Å². The highest BCUT2D eigenvalue weighted by Crippen LogP contribution is 2.29. The van der Waals surface area contributed by atoms with Crippen LogP contribution in [0.5, 0.6) is 0 Å². The molecular formula is C15H10Cl2O4. The molecule has 2 N–H and O–H groups in total. The summed E-state index contributed by atoms with van der Waals surface area (Å²) in [5, 5.41) is 18.2. The molecule has 2 aromatic rings. The summed E-state index contributed by atoms with van der Waals surface area (Å²) < 4.78 is 0. The van der Waals surface area contributed by atoms with E-state index in [1.807, 2.05) is 0 Å². The fourth-order valence-corrected chi connectivity index (χ4v) is 2.21. The minimum atomic E-state index is -1.19. The van der Waals surface area contributed by atoms with Crippen molar-refractivity contribution >= 4 is 35.1 Å². The zero-order chi connectivity index (χ0) is 15.6. The van der Waals surface area contributed by atoms with Crippen LogP contribution in [0.3, 0.4) is 0 Å². The van der Waals surface area contributed by atoms with Gasteiger partial charge in [0.05, 0.1) is 11.1 Å². The molecule has 0 heterocycles. The van der Waals surface area contributed by atoms with E-state index in [2.05, 4.69) is 0 Å². The number of carboxylic acids is 2. The molecule has 2 aromatic carbocycles. The van der Waals surface area contributed by atoms with Gasteiger partial charge in [-0.25, -0.2) is 9.59 Å². The highest BCUT2D eigenvalue weighted by molar-refractivity contribution is 6.44. The number of halogens is 2. The molecule has 0 aliphatic carbocycles. The maximum Gasteiger partial charge on any atom is 0.336 e. The number of alkyl halides is 2. The third-order valence-corrected chi connectivity index (χ3v) is 3.47. The molecule has 0 aliphatic rings. The largest absolute Gasteiger partial charge is 0.478 e. The lowest BCUT2D eigenvalue weighted by atomic mass is 9.97. The fraction of sp³-hybridized carbons (Fsp3) is 0.0667. The molecule has 0 spiro atoms. The van der Waals surface area contributed by atoms with Crippen LogP contribution in [0.25, 0.3) is 11.1 Å². The Morgan fingerprint density at radius 2 is 1.52 bits per heavy atom. The van der Waals surface area contributed by atoms with Crippen molar-refractivity contribution in [2.45, 2.75) is 4.84 Å². The third kappa shape index (κ3) is 3.35. The highest BCUT2D eigenvalue weighted by atomic mass is 35.5. The number of hydrogen-bond donors (Lipinski definition) is 2. The molecule has 0 bridgehead atoms. The van der Waals surface area contributed by atoms with Crippen LogP contribution in [0.15, 0.2) is 42.5 Å². The number of carbonyl (C=O) groups is 2. The molecule has 2 rings (SSSR count). The molecule has 0 aromatic heterocycles. The third-order valence-electron chi connectivity index (χ3n) is 2.97. The first kappa shape index (κ1) is 15.4. The lowest BCUT2D eigenvalue weighted by Gasteiger charge is -2.09. The Morgan fingerprint density at radius 1 is 0.905 bits per heavy atom. The van der Waals surface area contributed by atoms with Crippen molar-refractivity contribution in [2.75, 3.05) is 0 Å². The van der Waals surface area contributed by atoms with Crippen molar-refractivity contribution in [1.82, 2.24) is 0 Å². The van der Waals surface area contributed by atoms with E-state index in [1.54, 1.807) is 24.3 Å². The molecule has 0 saturated heterocycles. The molecule has 21 heavy (non-hydrogen) atoms. The van der Waals surface area contributed by atoms with E-state index in [1.165, 1.54) is 12.1 Å². The number of aromatic carboxylic acids is 2. The number of carboxylic acid groups (broad SMARTS) is 2. The lowest BCUT2D eigenvalue weighted by Crippen LogP contribution is -2.04. The molecule has 0 aliphatic heterocycles. The summed E-state index contributed by atoms with van der Waals surface area (Å²) in [5.41, 5.74) is 1.62. The van der Waals surface area contributed by atoms with Crippen molar-refractivity contribution in [2.24, 2.45) is 0 Å². The van der Waals surface area contributed by atoms with E-state index in [0.717, 1.165) is 6.07 Å². The van der Waals surface area contributed by atoms with Crippen LogP contribution in [-0.4, -0.2) is 22.2 Å². The minimum absolute atomic E-state index is 0.0732. The Kier molecular flexibility index (Phi) is 4.50. The maximum atomic E-state index is 11.3. The van der Waals surface area contributed by atoms with Crippen molar-refractivity contribution in [3.05, 3.63) is 59.2 Å². The van der Waals surface area contributed by atoms with Crippen molar-refractivity contribution in [3.8, 4) is 11.1 Å². The van der Waals surface area contributed by atoms with E-state index >= 15 is 0 Å². The van der Waals surface area contributed by atoms with Gasteiger partial charge in [0.25, 0.3) is 0 Å². The average Bonchev–Trinajstić information content (AvgIpc) is 2.46. The minimum Gasteiger partial charge on any atom is -0.478 e. The summed E-state index contributed by atoms with van der Waals surface area (Å²) in [4.78, 5) is 21.6. The van der Waals surface area contributed by atoms with Crippen molar-refractivity contribution in [3.63, 3.8) is 0 Å². The van der Waals surface area contributed by atoms with E-state index < -0.39 is 16.8 Å². The molecule has 0 radical (unpaired) electrons. The Bertz CT molecular complexity index is 693. The molecule has 0 amide bonds. The second-order valence-electron chi connectivity index (χ2n) is 4.29. The number of benzene rings is 2. The average molecular weight is 325 g/mol. The Morgan fingerprint density at radius 3 is 2.00 bits per heavy atom. The van der Waals surface area contributed by atoms with Crippen LogP contribution in [0.1, 0.15) is 31.1 Å².